The van der Waals surface area contributed by atoms with Gasteiger partial charge in [-0.2, -0.15) is 0 Å². The van der Waals surface area contributed by atoms with E-state index in [1.165, 1.54) is 30.3 Å². The Morgan fingerprint density at radius 2 is 1.77 bits per heavy atom. The summed E-state index contributed by atoms with van der Waals surface area (Å²) in [6.07, 6.45) is 0. The van der Waals surface area contributed by atoms with Crippen molar-refractivity contribution in [1.29, 1.82) is 0 Å². The second-order valence-electron chi connectivity index (χ2n) is 8.11. The minimum absolute atomic E-state index is 0.192. The summed E-state index contributed by atoms with van der Waals surface area (Å²) < 4.78 is 7.42. The van der Waals surface area contributed by atoms with Crippen LogP contribution in [0.2, 0.25) is 0 Å². The van der Waals surface area contributed by atoms with E-state index in [9.17, 15) is 9.59 Å². The van der Waals surface area contributed by atoms with Crippen LogP contribution in [0.25, 0.3) is 28.0 Å². The number of hydrogen-bond acceptors (Lipinski definition) is 6. The van der Waals surface area contributed by atoms with Gasteiger partial charge < -0.3 is 9.73 Å². The SMILES string of the molecule is CC(=O)Nc1ccc2c(CSc3nnc(-c4ccccc4)n3-c3ccc(C)cc3)cc(=O)oc2c1. The number of hydrogen-bond donors (Lipinski definition) is 1. The number of nitrogens with one attached hydrogen (secondary N) is 1. The Morgan fingerprint density at radius 1 is 1.00 bits per heavy atom. The molecule has 0 radical (unpaired) electrons. The maximum atomic E-state index is 12.3. The van der Waals surface area contributed by atoms with Crippen molar-refractivity contribution in [3.8, 4) is 17.1 Å². The lowest BCUT2D eigenvalue weighted by molar-refractivity contribution is -0.114. The van der Waals surface area contributed by atoms with E-state index in [0.717, 1.165) is 28.0 Å². The fourth-order valence-electron chi connectivity index (χ4n) is 3.84. The molecule has 2 heterocycles. The van der Waals surface area contributed by atoms with Gasteiger partial charge in [0.15, 0.2) is 11.0 Å². The van der Waals surface area contributed by atoms with E-state index in [1.807, 2.05) is 60.0 Å². The highest BCUT2D eigenvalue weighted by molar-refractivity contribution is 7.98. The summed E-state index contributed by atoms with van der Waals surface area (Å²) in [6, 6.07) is 24.9. The molecule has 0 aliphatic rings. The Hall–Kier alpha value is -4.17. The van der Waals surface area contributed by atoms with Crippen LogP contribution in [0.1, 0.15) is 18.1 Å². The van der Waals surface area contributed by atoms with Crippen molar-refractivity contribution in [2.45, 2.75) is 24.8 Å². The Balaban J connectivity index is 1.52. The maximum Gasteiger partial charge on any atom is 0.336 e. The molecule has 174 valence electrons. The molecule has 5 aromatic rings. The van der Waals surface area contributed by atoms with Gasteiger partial charge in [0.2, 0.25) is 5.91 Å². The molecule has 1 amide bonds. The number of benzene rings is 3. The van der Waals surface area contributed by atoms with Gasteiger partial charge >= 0.3 is 5.63 Å². The molecular formula is C27H22N4O3S. The summed E-state index contributed by atoms with van der Waals surface area (Å²) in [4.78, 5) is 23.7. The number of carbonyl (C=O) groups is 1. The van der Waals surface area contributed by atoms with Gasteiger partial charge in [-0.3, -0.25) is 9.36 Å². The molecule has 2 aromatic heterocycles. The van der Waals surface area contributed by atoms with E-state index in [4.69, 9.17) is 4.42 Å². The molecule has 5 rings (SSSR count). The molecule has 0 bridgehead atoms. The second-order valence-corrected chi connectivity index (χ2v) is 9.06. The molecule has 35 heavy (non-hydrogen) atoms. The van der Waals surface area contributed by atoms with Crippen LogP contribution in [0.15, 0.2) is 93.2 Å². The number of aryl methyl sites for hydroxylation is 1. The van der Waals surface area contributed by atoms with Gasteiger partial charge in [-0.25, -0.2) is 4.79 Å². The van der Waals surface area contributed by atoms with Gasteiger partial charge in [0, 0.05) is 47.1 Å². The Morgan fingerprint density at radius 3 is 2.51 bits per heavy atom. The first-order valence-corrected chi connectivity index (χ1v) is 12.0. The van der Waals surface area contributed by atoms with Crippen LogP contribution >= 0.6 is 11.8 Å². The first-order chi connectivity index (χ1) is 17.0. The third kappa shape index (κ3) is 4.88. The molecular weight excluding hydrogens is 460 g/mol. The lowest BCUT2D eigenvalue weighted by Gasteiger charge is -2.11. The fourth-order valence-corrected chi connectivity index (χ4v) is 4.78. The van der Waals surface area contributed by atoms with Crippen LogP contribution in [0, 0.1) is 6.92 Å². The Labute approximate surface area is 205 Å². The highest BCUT2D eigenvalue weighted by Crippen LogP contribution is 2.31. The third-order valence-corrected chi connectivity index (χ3v) is 6.44. The van der Waals surface area contributed by atoms with Crippen molar-refractivity contribution in [3.63, 3.8) is 0 Å². The molecule has 0 aliphatic heterocycles. The zero-order valence-electron chi connectivity index (χ0n) is 19.2. The number of amides is 1. The van der Waals surface area contributed by atoms with Gasteiger partial charge in [0.1, 0.15) is 5.58 Å². The normalized spacial score (nSPS) is 11.0. The van der Waals surface area contributed by atoms with Crippen LogP contribution < -0.4 is 10.9 Å². The number of nitrogens with zero attached hydrogens (tertiary/aromatic N) is 3. The van der Waals surface area contributed by atoms with Crippen molar-refractivity contribution in [1.82, 2.24) is 14.8 Å². The van der Waals surface area contributed by atoms with Crippen LogP contribution in [0.4, 0.5) is 5.69 Å². The molecule has 0 saturated carbocycles. The van der Waals surface area contributed by atoms with Crippen molar-refractivity contribution in [2.24, 2.45) is 0 Å². The molecule has 0 spiro atoms. The van der Waals surface area contributed by atoms with Gasteiger partial charge in [-0.15, -0.1) is 10.2 Å². The predicted octanol–water partition coefficient (Wildman–Crippen LogP) is 5.60. The lowest BCUT2D eigenvalue weighted by atomic mass is 10.1. The molecule has 7 nitrogen and oxygen atoms in total. The predicted molar refractivity (Wildman–Crippen MR) is 138 cm³/mol. The molecule has 0 aliphatic carbocycles. The van der Waals surface area contributed by atoms with Crippen LogP contribution in [0.3, 0.4) is 0 Å². The van der Waals surface area contributed by atoms with E-state index in [0.29, 0.717) is 22.2 Å². The summed E-state index contributed by atoms with van der Waals surface area (Å²) in [5, 5.41) is 13.2. The van der Waals surface area contributed by atoms with Gasteiger partial charge in [-0.05, 0) is 36.8 Å². The molecule has 0 atom stereocenters. The molecule has 0 fully saturated rings. The first-order valence-electron chi connectivity index (χ1n) is 11.0. The maximum absolute atomic E-state index is 12.3. The number of carbonyl (C=O) groups excluding carboxylic acids is 1. The second kappa shape index (κ2) is 9.60. The van der Waals surface area contributed by atoms with Crippen LogP contribution in [-0.2, 0) is 10.5 Å². The van der Waals surface area contributed by atoms with Crippen molar-refractivity contribution in [2.75, 3.05) is 5.32 Å². The summed E-state index contributed by atoms with van der Waals surface area (Å²) in [6.45, 7) is 3.48. The van der Waals surface area contributed by atoms with Crippen molar-refractivity contribution < 1.29 is 9.21 Å². The molecule has 0 unspecified atom stereocenters. The molecule has 1 N–H and O–H groups in total. The summed E-state index contributed by atoms with van der Waals surface area (Å²) in [5.74, 6) is 1.04. The smallest absolute Gasteiger partial charge is 0.336 e. The van der Waals surface area contributed by atoms with Crippen molar-refractivity contribution in [3.05, 3.63) is 100 Å². The average molecular weight is 483 g/mol. The van der Waals surface area contributed by atoms with Gasteiger partial charge in [0.05, 0.1) is 0 Å². The highest BCUT2D eigenvalue weighted by Gasteiger charge is 2.17. The molecule has 8 heteroatoms. The number of thioether (sulfide) groups is 1. The number of aromatic nitrogens is 3. The number of anilines is 1. The number of fused-ring (bicyclic) bond motifs is 1. The van der Waals surface area contributed by atoms with E-state index >= 15 is 0 Å². The summed E-state index contributed by atoms with van der Waals surface area (Å²) >= 11 is 1.49. The standard InChI is InChI=1S/C27H22N4O3S/c1-17-8-11-22(12-9-17)31-26(19-6-4-3-5-7-19)29-30-27(31)35-16-20-14-25(33)34-24-15-21(28-18(2)32)10-13-23(20)24/h3-15H,16H2,1-2H3,(H,28,32). The van der Waals surface area contributed by atoms with Gasteiger partial charge in [0.25, 0.3) is 0 Å². The Kier molecular flexibility index (Phi) is 6.20. The number of rotatable bonds is 6. The zero-order chi connectivity index (χ0) is 24.4. The Bertz CT molecular complexity index is 1570. The zero-order valence-corrected chi connectivity index (χ0v) is 20.0. The van der Waals surface area contributed by atoms with Crippen LogP contribution in [0.5, 0.6) is 0 Å². The van der Waals surface area contributed by atoms with E-state index < -0.39 is 5.63 Å². The van der Waals surface area contributed by atoms with E-state index in [2.05, 4.69) is 27.6 Å². The monoisotopic (exact) mass is 482 g/mol. The fraction of sp³-hybridized carbons (Fsp3) is 0.111. The minimum atomic E-state index is -0.446. The van der Waals surface area contributed by atoms with Gasteiger partial charge in [-0.1, -0.05) is 59.8 Å². The minimum Gasteiger partial charge on any atom is -0.423 e. The van der Waals surface area contributed by atoms with Crippen LogP contribution in [-0.4, -0.2) is 20.7 Å². The third-order valence-electron chi connectivity index (χ3n) is 5.46. The highest BCUT2D eigenvalue weighted by atomic mass is 32.2. The van der Waals surface area contributed by atoms with E-state index in [-0.39, 0.29) is 5.91 Å². The van der Waals surface area contributed by atoms with E-state index in [1.54, 1.807) is 12.1 Å². The topological polar surface area (TPSA) is 90.0 Å². The van der Waals surface area contributed by atoms with Crippen molar-refractivity contribution >= 4 is 34.3 Å². The largest absolute Gasteiger partial charge is 0.423 e. The quantitative estimate of drug-likeness (QED) is 0.250. The average Bonchev–Trinajstić information content (AvgIpc) is 3.27. The lowest BCUT2D eigenvalue weighted by Crippen LogP contribution is -2.06. The first kappa shape index (κ1) is 22.6. The summed E-state index contributed by atoms with van der Waals surface area (Å²) in [5.41, 5.74) is 4.45. The molecule has 3 aromatic carbocycles. The summed E-state index contributed by atoms with van der Waals surface area (Å²) in [7, 11) is 0. The molecule has 0 saturated heterocycles.